The van der Waals surface area contributed by atoms with Gasteiger partial charge in [-0.3, -0.25) is 5.32 Å². The van der Waals surface area contributed by atoms with E-state index in [1.54, 1.807) is 0 Å². The van der Waals surface area contributed by atoms with Crippen LogP contribution in [-0.2, 0) is 0 Å². The Morgan fingerprint density at radius 3 is 2.29 bits per heavy atom. The predicted molar refractivity (Wildman–Crippen MR) is 70.2 cm³/mol. The second-order valence-corrected chi connectivity index (χ2v) is 5.62. The van der Waals surface area contributed by atoms with Crippen LogP contribution in [0.1, 0.15) is 44.9 Å². The van der Waals surface area contributed by atoms with Crippen molar-refractivity contribution in [2.24, 2.45) is 10.2 Å². The van der Waals surface area contributed by atoms with Crippen molar-refractivity contribution in [3.63, 3.8) is 0 Å². The SMILES string of the molecule is CN(C)C1CCC(N=NC2CCCCN2)CC1. The molecule has 1 saturated heterocycles. The Balaban J connectivity index is 1.71. The first kappa shape index (κ1) is 13.0. The van der Waals surface area contributed by atoms with E-state index in [1.165, 1.54) is 38.5 Å². The highest BCUT2D eigenvalue weighted by atomic mass is 15.2. The van der Waals surface area contributed by atoms with Crippen molar-refractivity contribution in [1.82, 2.24) is 10.2 Å². The molecule has 17 heavy (non-hydrogen) atoms. The fourth-order valence-electron chi connectivity index (χ4n) is 2.80. The molecule has 2 aliphatic rings. The third-order valence-corrected chi connectivity index (χ3v) is 4.05. The maximum absolute atomic E-state index is 4.54. The van der Waals surface area contributed by atoms with E-state index in [0.29, 0.717) is 12.2 Å². The molecule has 4 heteroatoms. The summed E-state index contributed by atoms with van der Waals surface area (Å²) in [4.78, 5) is 2.34. The summed E-state index contributed by atoms with van der Waals surface area (Å²) in [5, 5.41) is 12.4. The van der Waals surface area contributed by atoms with E-state index < -0.39 is 0 Å². The number of rotatable bonds is 3. The predicted octanol–water partition coefficient (Wildman–Crippen LogP) is 2.41. The number of azo groups is 1. The fraction of sp³-hybridized carbons (Fsp3) is 1.00. The molecule has 0 amide bonds. The maximum atomic E-state index is 4.54. The molecule has 1 aliphatic carbocycles. The standard InChI is InChI=1S/C13H26N4/c1-17(2)12-8-6-11(7-9-12)15-16-13-5-3-4-10-14-13/h11-14H,3-10H2,1-2H3. The van der Waals surface area contributed by atoms with Crippen molar-refractivity contribution in [2.45, 2.75) is 63.2 Å². The Morgan fingerprint density at radius 1 is 0.941 bits per heavy atom. The maximum Gasteiger partial charge on any atom is 0.120 e. The third kappa shape index (κ3) is 4.03. The van der Waals surface area contributed by atoms with E-state index in [9.17, 15) is 0 Å². The quantitative estimate of drug-likeness (QED) is 0.767. The van der Waals surface area contributed by atoms with Crippen molar-refractivity contribution in [3.05, 3.63) is 0 Å². The van der Waals surface area contributed by atoms with Gasteiger partial charge in [0.15, 0.2) is 0 Å². The minimum Gasteiger partial charge on any atom is -0.306 e. The molecule has 0 aromatic carbocycles. The van der Waals surface area contributed by atoms with Gasteiger partial charge in [-0.25, -0.2) is 0 Å². The average molecular weight is 238 g/mol. The lowest BCUT2D eigenvalue weighted by atomic mass is 9.91. The molecule has 4 nitrogen and oxygen atoms in total. The van der Waals surface area contributed by atoms with Gasteiger partial charge in [0.2, 0.25) is 0 Å². The monoisotopic (exact) mass is 238 g/mol. The molecule has 1 atom stereocenters. The van der Waals surface area contributed by atoms with E-state index in [-0.39, 0.29) is 0 Å². The smallest absolute Gasteiger partial charge is 0.120 e. The van der Waals surface area contributed by atoms with Crippen molar-refractivity contribution >= 4 is 0 Å². The summed E-state index contributed by atoms with van der Waals surface area (Å²) in [7, 11) is 4.36. The minimum atomic E-state index is 0.301. The Labute approximate surface area is 105 Å². The van der Waals surface area contributed by atoms with Crippen LogP contribution in [0.3, 0.4) is 0 Å². The molecule has 0 radical (unpaired) electrons. The van der Waals surface area contributed by atoms with Gasteiger partial charge < -0.3 is 4.90 Å². The van der Waals surface area contributed by atoms with Gasteiger partial charge in [0.25, 0.3) is 0 Å². The van der Waals surface area contributed by atoms with Crippen LogP contribution in [0.4, 0.5) is 0 Å². The Bertz CT molecular complexity index is 238. The Kier molecular flexibility index (Phi) is 4.92. The highest BCUT2D eigenvalue weighted by Crippen LogP contribution is 2.24. The molecule has 1 aliphatic heterocycles. The van der Waals surface area contributed by atoms with E-state index >= 15 is 0 Å². The molecule has 2 rings (SSSR count). The van der Waals surface area contributed by atoms with Gasteiger partial charge in [0.05, 0.1) is 6.04 Å². The molecule has 1 unspecified atom stereocenters. The average Bonchev–Trinajstić information content (AvgIpc) is 2.38. The second-order valence-electron chi connectivity index (χ2n) is 5.62. The first-order chi connectivity index (χ1) is 8.25. The minimum absolute atomic E-state index is 0.301. The molecule has 0 bridgehead atoms. The first-order valence-electron chi connectivity index (χ1n) is 7.05. The number of nitrogens with one attached hydrogen (secondary N) is 1. The molecule has 98 valence electrons. The van der Waals surface area contributed by atoms with Crippen LogP contribution in [-0.4, -0.2) is 43.8 Å². The highest BCUT2D eigenvalue weighted by molar-refractivity contribution is 4.80. The zero-order valence-corrected chi connectivity index (χ0v) is 11.2. The van der Waals surface area contributed by atoms with Crippen molar-refractivity contribution in [3.8, 4) is 0 Å². The van der Waals surface area contributed by atoms with Gasteiger partial charge in [-0.05, 0) is 65.6 Å². The van der Waals surface area contributed by atoms with Crippen LogP contribution >= 0.6 is 0 Å². The second kappa shape index (κ2) is 6.45. The van der Waals surface area contributed by atoms with Gasteiger partial charge in [0.1, 0.15) is 6.17 Å². The number of hydrogen-bond acceptors (Lipinski definition) is 4. The normalized spacial score (nSPS) is 35.6. The lowest BCUT2D eigenvalue weighted by Gasteiger charge is -2.30. The van der Waals surface area contributed by atoms with Gasteiger partial charge in [-0.15, -0.1) is 0 Å². The summed E-state index contributed by atoms with van der Waals surface area (Å²) >= 11 is 0. The van der Waals surface area contributed by atoms with Gasteiger partial charge >= 0.3 is 0 Å². The summed E-state index contributed by atoms with van der Waals surface area (Å²) in [6.45, 7) is 1.11. The summed E-state index contributed by atoms with van der Waals surface area (Å²) in [5.41, 5.74) is 0. The molecule has 1 N–H and O–H groups in total. The van der Waals surface area contributed by atoms with Crippen LogP contribution in [0.25, 0.3) is 0 Å². The Morgan fingerprint density at radius 2 is 1.71 bits per heavy atom. The van der Waals surface area contributed by atoms with Crippen molar-refractivity contribution in [1.29, 1.82) is 0 Å². The van der Waals surface area contributed by atoms with Crippen LogP contribution in [0, 0.1) is 0 Å². The lowest BCUT2D eigenvalue weighted by Crippen LogP contribution is -2.34. The molecule has 0 aromatic rings. The summed E-state index contributed by atoms with van der Waals surface area (Å²) < 4.78 is 0. The fourth-order valence-corrected chi connectivity index (χ4v) is 2.80. The van der Waals surface area contributed by atoms with Gasteiger partial charge in [-0.2, -0.15) is 10.2 Å². The number of nitrogens with zero attached hydrogens (tertiary/aromatic N) is 3. The van der Waals surface area contributed by atoms with E-state index in [1.807, 2.05) is 0 Å². The zero-order chi connectivity index (χ0) is 12.1. The number of piperidine rings is 1. The third-order valence-electron chi connectivity index (χ3n) is 4.05. The van der Waals surface area contributed by atoms with Gasteiger partial charge in [0, 0.05) is 6.04 Å². The molecule has 0 aromatic heterocycles. The van der Waals surface area contributed by atoms with E-state index in [0.717, 1.165) is 19.0 Å². The Hall–Kier alpha value is -0.480. The molecule has 2 fully saturated rings. The summed E-state index contributed by atoms with van der Waals surface area (Å²) in [6.07, 6.45) is 9.01. The molecule has 1 saturated carbocycles. The lowest BCUT2D eigenvalue weighted by molar-refractivity contribution is 0.214. The van der Waals surface area contributed by atoms with Gasteiger partial charge in [-0.1, -0.05) is 0 Å². The van der Waals surface area contributed by atoms with Crippen LogP contribution in [0.2, 0.25) is 0 Å². The van der Waals surface area contributed by atoms with E-state index in [4.69, 9.17) is 0 Å². The van der Waals surface area contributed by atoms with Crippen molar-refractivity contribution in [2.75, 3.05) is 20.6 Å². The highest BCUT2D eigenvalue weighted by Gasteiger charge is 2.22. The molecule has 1 heterocycles. The van der Waals surface area contributed by atoms with E-state index in [2.05, 4.69) is 34.5 Å². The number of hydrogen-bond donors (Lipinski definition) is 1. The molecular formula is C13H26N4. The largest absolute Gasteiger partial charge is 0.306 e. The van der Waals surface area contributed by atoms with Crippen LogP contribution < -0.4 is 5.32 Å². The van der Waals surface area contributed by atoms with Crippen LogP contribution in [0.5, 0.6) is 0 Å². The first-order valence-corrected chi connectivity index (χ1v) is 7.05. The summed E-state index contributed by atoms with van der Waals surface area (Å²) in [6, 6.07) is 1.24. The van der Waals surface area contributed by atoms with Crippen LogP contribution in [0.15, 0.2) is 10.2 Å². The topological polar surface area (TPSA) is 40.0 Å². The molecule has 0 spiro atoms. The van der Waals surface area contributed by atoms with Crippen molar-refractivity contribution < 1.29 is 0 Å². The summed E-state index contributed by atoms with van der Waals surface area (Å²) in [5.74, 6) is 0. The zero-order valence-electron chi connectivity index (χ0n) is 11.2. The molecular weight excluding hydrogens is 212 g/mol.